The number of esters is 1. The van der Waals surface area contributed by atoms with Crippen molar-refractivity contribution in [3.05, 3.63) is 53.4 Å². The van der Waals surface area contributed by atoms with Gasteiger partial charge in [-0.25, -0.2) is 4.79 Å². The third-order valence-corrected chi connectivity index (χ3v) is 4.81. The summed E-state index contributed by atoms with van der Waals surface area (Å²) in [7, 11) is 4.06. The fraction of sp³-hybridized carbons (Fsp3) is 0.211. The number of thiophene rings is 1. The minimum atomic E-state index is -0.245. The molecule has 118 valence electrons. The Labute approximate surface area is 140 Å². The van der Waals surface area contributed by atoms with Crippen LogP contribution in [0.25, 0.3) is 21.2 Å². The van der Waals surface area contributed by atoms with Crippen LogP contribution >= 0.6 is 11.3 Å². The minimum Gasteiger partial charge on any atom is -0.462 e. The molecule has 23 heavy (non-hydrogen) atoms. The predicted octanol–water partition coefficient (Wildman–Crippen LogP) is 4.81. The number of fused-ring (bicyclic) bond motifs is 1. The van der Waals surface area contributed by atoms with Gasteiger partial charge in [0, 0.05) is 24.5 Å². The van der Waals surface area contributed by atoms with Gasteiger partial charge in [-0.2, -0.15) is 0 Å². The number of carbonyl (C=O) groups excluding carboxylic acids is 1. The first-order chi connectivity index (χ1) is 11.1. The van der Waals surface area contributed by atoms with Crippen molar-refractivity contribution in [1.82, 2.24) is 0 Å². The Morgan fingerprint density at radius 3 is 2.39 bits per heavy atom. The quantitative estimate of drug-likeness (QED) is 0.645. The van der Waals surface area contributed by atoms with Crippen LogP contribution in [0.15, 0.2) is 48.5 Å². The van der Waals surface area contributed by atoms with Crippen molar-refractivity contribution in [1.29, 1.82) is 0 Å². The van der Waals surface area contributed by atoms with E-state index < -0.39 is 0 Å². The molecule has 0 N–H and O–H groups in total. The molecule has 0 amide bonds. The van der Waals surface area contributed by atoms with E-state index in [0.717, 1.165) is 15.6 Å². The molecule has 0 unspecified atom stereocenters. The zero-order valence-electron chi connectivity index (χ0n) is 13.5. The van der Waals surface area contributed by atoms with Gasteiger partial charge in [0.25, 0.3) is 0 Å². The van der Waals surface area contributed by atoms with Crippen LogP contribution in [-0.4, -0.2) is 26.7 Å². The van der Waals surface area contributed by atoms with Crippen molar-refractivity contribution in [2.45, 2.75) is 6.92 Å². The molecule has 0 fully saturated rings. The molecular formula is C19H19NO2S. The van der Waals surface area contributed by atoms with Crippen molar-refractivity contribution in [3.63, 3.8) is 0 Å². The van der Waals surface area contributed by atoms with E-state index in [9.17, 15) is 4.79 Å². The van der Waals surface area contributed by atoms with Gasteiger partial charge in [0.15, 0.2) is 0 Å². The molecule has 0 saturated heterocycles. The third-order valence-electron chi connectivity index (χ3n) is 3.71. The molecule has 0 aliphatic carbocycles. The van der Waals surface area contributed by atoms with Crippen LogP contribution in [0.2, 0.25) is 0 Å². The molecule has 0 bridgehead atoms. The van der Waals surface area contributed by atoms with Crippen LogP contribution < -0.4 is 4.90 Å². The van der Waals surface area contributed by atoms with Gasteiger partial charge in [0.2, 0.25) is 0 Å². The van der Waals surface area contributed by atoms with Crippen LogP contribution in [-0.2, 0) is 4.74 Å². The summed E-state index contributed by atoms with van der Waals surface area (Å²) in [5.41, 5.74) is 3.49. The lowest BCUT2D eigenvalue weighted by Gasteiger charge is -2.12. The smallest absolute Gasteiger partial charge is 0.348 e. The Balaban J connectivity index is 1.94. The molecule has 3 nitrogen and oxygen atoms in total. The second kappa shape index (κ2) is 6.42. The molecule has 0 aliphatic rings. The van der Waals surface area contributed by atoms with Crippen LogP contribution in [0.3, 0.4) is 0 Å². The maximum Gasteiger partial charge on any atom is 0.348 e. The lowest BCUT2D eigenvalue weighted by molar-refractivity contribution is 0.0532. The van der Waals surface area contributed by atoms with E-state index in [2.05, 4.69) is 47.4 Å². The van der Waals surface area contributed by atoms with Gasteiger partial charge in [0.05, 0.1) is 6.61 Å². The normalized spacial score (nSPS) is 10.7. The molecule has 0 radical (unpaired) electrons. The third kappa shape index (κ3) is 3.22. The van der Waals surface area contributed by atoms with Crippen molar-refractivity contribution < 1.29 is 9.53 Å². The number of carbonyl (C=O) groups is 1. The maximum absolute atomic E-state index is 11.9. The molecule has 3 rings (SSSR count). The van der Waals surface area contributed by atoms with Crippen LogP contribution in [0, 0.1) is 0 Å². The van der Waals surface area contributed by atoms with Crippen LogP contribution in [0.1, 0.15) is 16.6 Å². The number of hydrogen-bond donors (Lipinski definition) is 0. The van der Waals surface area contributed by atoms with E-state index in [0.29, 0.717) is 11.5 Å². The Hall–Kier alpha value is -2.33. The summed E-state index contributed by atoms with van der Waals surface area (Å²) in [6.07, 6.45) is 0. The zero-order valence-corrected chi connectivity index (χ0v) is 14.3. The predicted molar refractivity (Wildman–Crippen MR) is 97.5 cm³/mol. The number of hydrogen-bond acceptors (Lipinski definition) is 4. The molecule has 1 heterocycles. The number of rotatable bonds is 4. The standard InChI is InChI=1S/C19H19NO2S/c1-4-22-19(21)18-12-15-11-14(7-10-17(15)23-18)13-5-8-16(9-6-13)20(2)3/h5-12H,4H2,1-3H3. The van der Waals surface area contributed by atoms with E-state index in [1.165, 1.54) is 22.6 Å². The second-order valence-electron chi connectivity index (χ2n) is 5.53. The fourth-order valence-corrected chi connectivity index (χ4v) is 3.41. The summed E-state index contributed by atoms with van der Waals surface area (Å²) in [6, 6.07) is 16.7. The molecule has 0 aliphatic heterocycles. The van der Waals surface area contributed by atoms with Crippen molar-refractivity contribution >= 4 is 33.1 Å². The maximum atomic E-state index is 11.9. The van der Waals surface area contributed by atoms with E-state index >= 15 is 0 Å². The monoisotopic (exact) mass is 325 g/mol. The Morgan fingerprint density at radius 2 is 1.74 bits per heavy atom. The summed E-state index contributed by atoms with van der Waals surface area (Å²) in [5.74, 6) is -0.245. The van der Waals surface area contributed by atoms with Crippen LogP contribution in [0.4, 0.5) is 5.69 Å². The van der Waals surface area contributed by atoms with Gasteiger partial charge in [-0.15, -0.1) is 11.3 Å². The Bertz CT molecular complexity index is 834. The van der Waals surface area contributed by atoms with E-state index in [-0.39, 0.29) is 5.97 Å². The largest absolute Gasteiger partial charge is 0.462 e. The molecular weight excluding hydrogens is 306 g/mol. The van der Waals surface area contributed by atoms with Crippen molar-refractivity contribution in [2.75, 3.05) is 25.6 Å². The average molecular weight is 325 g/mol. The van der Waals surface area contributed by atoms with Gasteiger partial charge in [-0.3, -0.25) is 0 Å². The first-order valence-corrected chi connectivity index (χ1v) is 8.38. The van der Waals surface area contributed by atoms with Crippen molar-refractivity contribution in [2.24, 2.45) is 0 Å². The minimum absolute atomic E-state index is 0.245. The van der Waals surface area contributed by atoms with Gasteiger partial charge < -0.3 is 9.64 Å². The number of ether oxygens (including phenoxy) is 1. The highest BCUT2D eigenvalue weighted by atomic mass is 32.1. The number of anilines is 1. The van der Waals surface area contributed by atoms with Crippen LogP contribution in [0.5, 0.6) is 0 Å². The summed E-state index contributed by atoms with van der Waals surface area (Å²) < 4.78 is 6.17. The number of benzene rings is 2. The fourth-order valence-electron chi connectivity index (χ4n) is 2.48. The molecule has 3 aromatic rings. The van der Waals surface area contributed by atoms with Crippen molar-refractivity contribution in [3.8, 4) is 11.1 Å². The van der Waals surface area contributed by atoms with Gasteiger partial charge in [-0.1, -0.05) is 18.2 Å². The lowest BCUT2D eigenvalue weighted by atomic mass is 10.0. The van der Waals surface area contributed by atoms with E-state index in [1.54, 1.807) is 0 Å². The molecule has 0 atom stereocenters. The Kier molecular flexibility index (Phi) is 4.35. The first kappa shape index (κ1) is 15.6. The summed E-state index contributed by atoms with van der Waals surface area (Å²) in [4.78, 5) is 14.6. The molecule has 0 spiro atoms. The second-order valence-corrected chi connectivity index (χ2v) is 6.61. The van der Waals surface area contributed by atoms with E-state index in [4.69, 9.17) is 4.74 Å². The summed E-state index contributed by atoms with van der Waals surface area (Å²) in [6.45, 7) is 2.22. The highest BCUT2D eigenvalue weighted by molar-refractivity contribution is 7.20. The topological polar surface area (TPSA) is 29.5 Å². The molecule has 2 aromatic carbocycles. The Morgan fingerprint density at radius 1 is 1.04 bits per heavy atom. The number of nitrogens with zero attached hydrogens (tertiary/aromatic N) is 1. The first-order valence-electron chi connectivity index (χ1n) is 7.57. The lowest BCUT2D eigenvalue weighted by Crippen LogP contribution is -2.07. The summed E-state index contributed by atoms with van der Waals surface area (Å²) >= 11 is 1.47. The van der Waals surface area contributed by atoms with E-state index in [1.807, 2.05) is 27.1 Å². The summed E-state index contributed by atoms with van der Waals surface area (Å²) in [5, 5.41) is 1.08. The van der Waals surface area contributed by atoms with Gasteiger partial charge >= 0.3 is 5.97 Å². The molecule has 1 aromatic heterocycles. The van der Waals surface area contributed by atoms with Gasteiger partial charge in [-0.05, 0) is 53.8 Å². The highest BCUT2D eigenvalue weighted by Crippen LogP contribution is 2.31. The molecule has 0 saturated carbocycles. The van der Waals surface area contributed by atoms with Gasteiger partial charge in [0.1, 0.15) is 4.88 Å². The highest BCUT2D eigenvalue weighted by Gasteiger charge is 2.11. The average Bonchev–Trinajstić information content (AvgIpc) is 2.98. The molecule has 4 heteroatoms. The SMILES string of the molecule is CCOC(=O)c1cc2cc(-c3ccc(N(C)C)cc3)ccc2s1. The zero-order chi connectivity index (χ0) is 16.4.